The first kappa shape index (κ1) is 22.4. The average Bonchev–Trinajstić information content (AvgIpc) is 3.05. The van der Waals surface area contributed by atoms with E-state index in [-0.39, 0.29) is 43.1 Å². The standard InChI is InChI=1S/C18H31N5O2.ClH/c1-4-10-22(11-5-2)16(24)6-7-17(25)23-13-8-19-14-15(23)18-20-9-12-21(18)3;/h9,12,15,19H,4-8,10-11,13-14H2,1-3H3;1H. The van der Waals surface area contributed by atoms with Crippen LogP contribution in [0.3, 0.4) is 0 Å². The highest BCUT2D eigenvalue weighted by molar-refractivity contribution is 5.85. The van der Waals surface area contributed by atoms with Crippen LogP contribution in [-0.4, -0.2) is 63.9 Å². The number of aryl methyl sites for hydroxylation is 1. The van der Waals surface area contributed by atoms with Crippen LogP contribution in [0.5, 0.6) is 0 Å². The lowest BCUT2D eigenvalue weighted by Crippen LogP contribution is -2.49. The topological polar surface area (TPSA) is 70.5 Å². The molecule has 2 amide bonds. The summed E-state index contributed by atoms with van der Waals surface area (Å²) in [4.78, 5) is 33.3. The van der Waals surface area contributed by atoms with Crippen molar-refractivity contribution in [1.82, 2.24) is 24.7 Å². The third kappa shape index (κ3) is 5.71. The van der Waals surface area contributed by atoms with Crippen molar-refractivity contribution < 1.29 is 9.59 Å². The van der Waals surface area contributed by atoms with E-state index >= 15 is 0 Å². The molecule has 1 fully saturated rings. The Hall–Kier alpha value is -1.60. The van der Waals surface area contributed by atoms with Crippen LogP contribution < -0.4 is 5.32 Å². The van der Waals surface area contributed by atoms with E-state index in [9.17, 15) is 9.59 Å². The fourth-order valence-corrected chi connectivity index (χ4v) is 3.35. The predicted molar refractivity (Wildman–Crippen MR) is 104 cm³/mol. The molecule has 1 saturated heterocycles. The van der Waals surface area contributed by atoms with Gasteiger partial charge in [-0.05, 0) is 12.8 Å². The van der Waals surface area contributed by atoms with Gasteiger partial charge in [0.15, 0.2) is 0 Å². The van der Waals surface area contributed by atoms with Crippen LogP contribution >= 0.6 is 12.4 Å². The Morgan fingerprint density at radius 1 is 1.27 bits per heavy atom. The van der Waals surface area contributed by atoms with Crippen molar-refractivity contribution in [2.45, 2.75) is 45.6 Å². The molecule has 7 nitrogen and oxygen atoms in total. The molecule has 1 aromatic heterocycles. The number of imidazole rings is 1. The fourth-order valence-electron chi connectivity index (χ4n) is 3.35. The SMILES string of the molecule is CCCN(CCC)C(=O)CCC(=O)N1CCNCC1c1nccn1C.Cl. The molecular formula is C18H32ClN5O2. The number of halogens is 1. The Morgan fingerprint density at radius 3 is 2.54 bits per heavy atom. The maximum atomic E-state index is 12.7. The van der Waals surface area contributed by atoms with Crippen molar-refractivity contribution in [2.24, 2.45) is 7.05 Å². The zero-order valence-electron chi connectivity index (χ0n) is 16.1. The molecule has 0 aromatic carbocycles. The molecule has 26 heavy (non-hydrogen) atoms. The number of hydrogen-bond donors (Lipinski definition) is 1. The summed E-state index contributed by atoms with van der Waals surface area (Å²) < 4.78 is 1.95. The highest BCUT2D eigenvalue weighted by Crippen LogP contribution is 2.21. The number of carbonyl (C=O) groups excluding carboxylic acids is 2. The fraction of sp³-hybridized carbons (Fsp3) is 0.722. The van der Waals surface area contributed by atoms with Crippen LogP contribution in [0.1, 0.15) is 51.4 Å². The van der Waals surface area contributed by atoms with E-state index in [0.717, 1.165) is 38.3 Å². The highest BCUT2D eigenvalue weighted by Gasteiger charge is 2.30. The van der Waals surface area contributed by atoms with Crippen molar-refractivity contribution in [3.8, 4) is 0 Å². The van der Waals surface area contributed by atoms with Gasteiger partial charge in [-0.25, -0.2) is 4.98 Å². The van der Waals surface area contributed by atoms with Crippen LogP contribution in [0.15, 0.2) is 12.4 Å². The van der Waals surface area contributed by atoms with Crippen molar-refractivity contribution in [3.05, 3.63) is 18.2 Å². The van der Waals surface area contributed by atoms with Gasteiger partial charge in [-0.2, -0.15) is 0 Å². The summed E-state index contributed by atoms with van der Waals surface area (Å²) in [5.74, 6) is 1.00. The summed E-state index contributed by atoms with van der Waals surface area (Å²) in [6.07, 6.45) is 6.09. The Morgan fingerprint density at radius 2 is 1.96 bits per heavy atom. The number of carbonyl (C=O) groups is 2. The average molecular weight is 386 g/mol. The lowest BCUT2D eigenvalue weighted by Gasteiger charge is -2.36. The summed E-state index contributed by atoms with van der Waals surface area (Å²) in [5.41, 5.74) is 0. The van der Waals surface area contributed by atoms with E-state index in [0.29, 0.717) is 13.1 Å². The van der Waals surface area contributed by atoms with Crippen molar-refractivity contribution in [3.63, 3.8) is 0 Å². The van der Waals surface area contributed by atoms with Gasteiger partial charge in [-0.15, -0.1) is 12.4 Å². The first-order valence-corrected chi connectivity index (χ1v) is 9.33. The first-order chi connectivity index (χ1) is 12.1. The van der Waals surface area contributed by atoms with Crippen LogP contribution in [0.2, 0.25) is 0 Å². The largest absolute Gasteiger partial charge is 0.343 e. The van der Waals surface area contributed by atoms with Gasteiger partial charge < -0.3 is 19.7 Å². The Bertz CT molecular complexity index is 572. The van der Waals surface area contributed by atoms with Gasteiger partial charge in [0.2, 0.25) is 11.8 Å². The van der Waals surface area contributed by atoms with E-state index in [2.05, 4.69) is 24.1 Å². The second-order valence-corrected chi connectivity index (χ2v) is 6.58. The third-order valence-corrected chi connectivity index (χ3v) is 4.61. The van der Waals surface area contributed by atoms with E-state index in [1.165, 1.54) is 0 Å². The Labute approximate surface area is 162 Å². The lowest BCUT2D eigenvalue weighted by molar-refractivity contribution is -0.139. The molecule has 0 spiro atoms. The number of amides is 2. The quantitative estimate of drug-likeness (QED) is 0.740. The molecular weight excluding hydrogens is 354 g/mol. The van der Waals surface area contributed by atoms with Crippen molar-refractivity contribution >= 4 is 24.2 Å². The molecule has 2 rings (SSSR count). The number of rotatable bonds is 8. The van der Waals surface area contributed by atoms with Gasteiger partial charge in [-0.3, -0.25) is 9.59 Å². The van der Waals surface area contributed by atoms with Crippen LogP contribution in [0.25, 0.3) is 0 Å². The van der Waals surface area contributed by atoms with E-state index in [1.54, 1.807) is 6.20 Å². The molecule has 1 aliphatic rings. The number of nitrogens with zero attached hydrogens (tertiary/aromatic N) is 4. The third-order valence-electron chi connectivity index (χ3n) is 4.61. The number of aromatic nitrogens is 2. The molecule has 1 aliphatic heterocycles. The molecule has 0 bridgehead atoms. The van der Waals surface area contributed by atoms with Gasteiger partial charge in [-0.1, -0.05) is 13.8 Å². The summed E-state index contributed by atoms with van der Waals surface area (Å²) in [6, 6.07) is -0.0706. The van der Waals surface area contributed by atoms with Crippen molar-refractivity contribution in [2.75, 3.05) is 32.7 Å². The maximum absolute atomic E-state index is 12.7. The van der Waals surface area contributed by atoms with E-state index in [4.69, 9.17) is 0 Å². The molecule has 2 heterocycles. The Balaban J connectivity index is 0.00000338. The van der Waals surface area contributed by atoms with Crippen LogP contribution in [0.4, 0.5) is 0 Å². The summed E-state index contributed by atoms with van der Waals surface area (Å²) in [7, 11) is 1.94. The molecule has 1 atom stereocenters. The summed E-state index contributed by atoms with van der Waals surface area (Å²) >= 11 is 0. The summed E-state index contributed by atoms with van der Waals surface area (Å²) in [5, 5.41) is 3.33. The van der Waals surface area contributed by atoms with Gasteiger partial charge in [0, 0.05) is 65.0 Å². The smallest absolute Gasteiger partial charge is 0.223 e. The van der Waals surface area contributed by atoms with E-state index in [1.807, 2.05) is 27.6 Å². The Kier molecular flexibility index (Phi) is 9.65. The van der Waals surface area contributed by atoms with Gasteiger partial charge in [0.25, 0.3) is 0 Å². The zero-order chi connectivity index (χ0) is 18.2. The van der Waals surface area contributed by atoms with Crippen LogP contribution in [-0.2, 0) is 16.6 Å². The van der Waals surface area contributed by atoms with Crippen molar-refractivity contribution in [1.29, 1.82) is 0 Å². The first-order valence-electron chi connectivity index (χ1n) is 9.33. The number of hydrogen-bond acceptors (Lipinski definition) is 4. The maximum Gasteiger partial charge on any atom is 0.223 e. The monoisotopic (exact) mass is 385 g/mol. The molecule has 0 radical (unpaired) electrons. The van der Waals surface area contributed by atoms with Gasteiger partial charge in [0.1, 0.15) is 11.9 Å². The molecule has 1 aromatic rings. The molecule has 1 N–H and O–H groups in total. The molecule has 0 aliphatic carbocycles. The van der Waals surface area contributed by atoms with Gasteiger partial charge in [0.05, 0.1) is 0 Å². The predicted octanol–water partition coefficient (Wildman–Crippen LogP) is 1.74. The summed E-state index contributed by atoms with van der Waals surface area (Å²) in [6.45, 7) is 7.80. The lowest BCUT2D eigenvalue weighted by atomic mass is 10.1. The normalized spacial score (nSPS) is 16.9. The molecule has 0 saturated carbocycles. The molecule has 148 valence electrons. The highest BCUT2D eigenvalue weighted by atomic mass is 35.5. The zero-order valence-corrected chi connectivity index (χ0v) is 16.9. The second-order valence-electron chi connectivity index (χ2n) is 6.58. The van der Waals surface area contributed by atoms with Crippen LogP contribution in [0, 0.1) is 0 Å². The minimum absolute atomic E-state index is 0. The number of piperazine rings is 1. The second kappa shape index (κ2) is 11.2. The number of nitrogens with one attached hydrogen (secondary N) is 1. The van der Waals surface area contributed by atoms with E-state index < -0.39 is 0 Å². The van der Waals surface area contributed by atoms with Gasteiger partial charge >= 0.3 is 0 Å². The minimum Gasteiger partial charge on any atom is -0.343 e. The molecule has 1 unspecified atom stereocenters. The molecule has 8 heteroatoms. The minimum atomic E-state index is -0.0706.